The number of rotatable bonds is 1. The summed E-state index contributed by atoms with van der Waals surface area (Å²) in [4.78, 5) is 11.3. The topological polar surface area (TPSA) is 34.4 Å². The number of hydrogen-bond acceptors (Lipinski definition) is 2. The summed E-state index contributed by atoms with van der Waals surface area (Å²) in [6.07, 6.45) is 1.43. The first-order chi connectivity index (χ1) is 7.02. The van der Waals surface area contributed by atoms with Crippen LogP contribution in [0.5, 0.6) is 0 Å². The van der Waals surface area contributed by atoms with Crippen LogP contribution in [0.1, 0.15) is 17.3 Å². The molecule has 0 bridgehead atoms. The van der Waals surface area contributed by atoms with Crippen molar-refractivity contribution in [2.75, 3.05) is 0 Å². The van der Waals surface area contributed by atoms with Gasteiger partial charge in [0.05, 0.1) is 21.8 Å². The van der Waals surface area contributed by atoms with E-state index in [9.17, 15) is 4.79 Å². The summed E-state index contributed by atoms with van der Waals surface area (Å²) in [7, 11) is 0. The van der Waals surface area contributed by atoms with Gasteiger partial charge in [-0.25, -0.2) is 4.52 Å². The van der Waals surface area contributed by atoms with Crippen molar-refractivity contribution in [2.24, 2.45) is 0 Å². The molecule has 3 nitrogen and oxygen atoms in total. The number of nitrogens with zero attached hydrogens (tertiary/aromatic N) is 2. The Morgan fingerprint density at radius 3 is 2.60 bits per heavy atom. The number of pyridine rings is 1. The van der Waals surface area contributed by atoms with Crippen LogP contribution in [0.15, 0.2) is 12.3 Å². The van der Waals surface area contributed by atoms with Gasteiger partial charge in [-0.05, 0) is 13.0 Å². The van der Waals surface area contributed by atoms with Gasteiger partial charge in [0.2, 0.25) is 0 Å². The molecule has 2 aromatic rings. The molecule has 0 radical (unpaired) electrons. The van der Waals surface area contributed by atoms with Gasteiger partial charge in [-0.2, -0.15) is 5.10 Å². The predicted molar refractivity (Wildman–Crippen MR) is 60.2 cm³/mol. The van der Waals surface area contributed by atoms with Crippen LogP contribution in [-0.4, -0.2) is 15.4 Å². The van der Waals surface area contributed by atoms with E-state index in [1.165, 1.54) is 23.7 Å². The van der Waals surface area contributed by atoms with Gasteiger partial charge in [-0.1, -0.05) is 34.8 Å². The van der Waals surface area contributed by atoms with Gasteiger partial charge in [0, 0.05) is 0 Å². The molecular weight excluding hydrogens is 258 g/mol. The van der Waals surface area contributed by atoms with Crippen LogP contribution in [0.3, 0.4) is 0 Å². The molecule has 0 atom stereocenters. The van der Waals surface area contributed by atoms with E-state index in [2.05, 4.69) is 5.10 Å². The Morgan fingerprint density at radius 2 is 2.00 bits per heavy atom. The molecule has 0 unspecified atom stereocenters. The summed E-state index contributed by atoms with van der Waals surface area (Å²) >= 11 is 17.8. The van der Waals surface area contributed by atoms with Crippen LogP contribution >= 0.6 is 34.8 Å². The molecule has 2 rings (SSSR count). The molecule has 0 aliphatic carbocycles. The third kappa shape index (κ3) is 1.61. The van der Waals surface area contributed by atoms with E-state index in [1.54, 1.807) is 0 Å². The molecule has 0 saturated carbocycles. The van der Waals surface area contributed by atoms with Gasteiger partial charge in [0.1, 0.15) is 10.7 Å². The molecule has 0 saturated heterocycles. The van der Waals surface area contributed by atoms with E-state index in [-0.39, 0.29) is 10.9 Å². The fraction of sp³-hybridized carbons (Fsp3) is 0.111. The smallest absolute Gasteiger partial charge is 0.162 e. The number of aromatic nitrogens is 2. The molecule has 0 spiro atoms. The quantitative estimate of drug-likeness (QED) is 0.583. The maximum Gasteiger partial charge on any atom is 0.162 e. The van der Waals surface area contributed by atoms with Crippen molar-refractivity contribution >= 4 is 46.1 Å². The van der Waals surface area contributed by atoms with Crippen LogP contribution in [0.2, 0.25) is 15.2 Å². The third-order valence-electron chi connectivity index (χ3n) is 2.01. The molecule has 15 heavy (non-hydrogen) atoms. The van der Waals surface area contributed by atoms with Gasteiger partial charge >= 0.3 is 0 Å². The number of Topliss-reactive ketones (excluding diaryl/α,β-unsaturated/α-hetero) is 1. The van der Waals surface area contributed by atoms with Crippen LogP contribution in [0.4, 0.5) is 0 Å². The first-order valence-electron chi connectivity index (χ1n) is 4.04. The van der Waals surface area contributed by atoms with E-state index < -0.39 is 0 Å². The standard InChI is InChI=1S/C9H5Cl3N2O/c1-4(15)5-2-6(10)8-7(11)3-13-14(8)9(5)12/h2-3H,1H3. The number of halogens is 3. The minimum absolute atomic E-state index is 0.171. The Kier molecular flexibility index (Phi) is 2.63. The van der Waals surface area contributed by atoms with Crippen molar-refractivity contribution in [1.29, 1.82) is 0 Å². The van der Waals surface area contributed by atoms with E-state index in [0.29, 0.717) is 21.1 Å². The molecule has 2 aromatic heterocycles. The van der Waals surface area contributed by atoms with Gasteiger partial charge in [0.25, 0.3) is 0 Å². The largest absolute Gasteiger partial charge is 0.294 e. The molecular formula is C9H5Cl3N2O. The Hall–Kier alpha value is -0.770. The van der Waals surface area contributed by atoms with E-state index in [4.69, 9.17) is 34.8 Å². The van der Waals surface area contributed by atoms with E-state index >= 15 is 0 Å². The van der Waals surface area contributed by atoms with Crippen LogP contribution in [-0.2, 0) is 0 Å². The Labute approximate surface area is 101 Å². The van der Waals surface area contributed by atoms with Gasteiger partial charge in [-0.3, -0.25) is 4.79 Å². The SMILES string of the molecule is CC(=O)c1cc(Cl)c2c(Cl)cnn2c1Cl. The summed E-state index contributed by atoms with van der Waals surface area (Å²) in [5.74, 6) is -0.171. The minimum atomic E-state index is -0.171. The number of fused-ring (bicyclic) bond motifs is 1. The van der Waals surface area contributed by atoms with E-state index in [0.717, 1.165) is 0 Å². The highest BCUT2D eigenvalue weighted by atomic mass is 35.5. The number of ketones is 1. The monoisotopic (exact) mass is 262 g/mol. The number of carbonyl (C=O) groups is 1. The fourth-order valence-corrected chi connectivity index (χ4v) is 2.19. The van der Waals surface area contributed by atoms with Crippen LogP contribution < -0.4 is 0 Å². The predicted octanol–water partition coefficient (Wildman–Crippen LogP) is 3.50. The lowest BCUT2D eigenvalue weighted by Crippen LogP contribution is -2.00. The summed E-state index contributed by atoms with van der Waals surface area (Å²) < 4.78 is 1.35. The third-order valence-corrected chi connectivity index (χ3v) is 2.94. The second-order valence-electron chi connectivity index (χ2n) is 3.01. The molecule has 0 fully saturated rings. The average Bonchev–Trinajstić information content (AvgIpc) is 2.54. The van der Waals surface area contributed by atoms with E-state index in [1.807, 2.05) is 0 Å². The highest BCUT2D eigenvalue weighted by molar-refractivity contribution is 6.41. The summed E-state index contributed by atoms with van der Waals surface area (Å²) in [6.45, 7) is 1.41. The Morgan fingerprint density at radius 1 is 1.33 bits per heavy atom. The highest BCUT2D eigenvalue weighted by Crippen LogP contribution is 2.30. The lowest BCUT2D eigenvalue weighted by atomic mass is 10.2. The van der Waals surface area contributed by atoms with Gasteiger partial charge in [-0.15, -0.1) is 0 Å². The maximum atomic E-state index is 11.3. The number of carbonyl (C=O) groups excluding carboxylic acids is 1. The zero-order valence-electron chi connectivity index (χ0n) is 7.59. The second-order valence-corrected chi connectivity index (χ2v) is 4.18. The molecule has 0 amide bonds. The summed E-state index contributed by atoms with van der Waals surface area (Å²) in [6, 6.07) is 1.50. The molecule has 0 aromatic carbocycles. The molecule has 0 aliphatic rings. The van der Waals surface area contributed by atoms with Crippen molar-refractivity contribution in [3.63, 3.8) is 0 Å². The Bertz CT molecular complexity index is 562. The first kappa shape index (κ1) is 10.7. The number of hydrogen-bond donors (Lipinski definition) is 0. The second kappa shape index (κ2) is 3.67. The summed E-state index contributed by atoms with van der Waals surface area (Å²) in [5.41, 5.74) is 0.835. The zero-order valence-corrected chi connectivity index (χ0v) is 9.86. The first-order valence-corrected chi connectivity index (χ1v) is 5.18. The van der Waals surface area contributed by atoms with Crippen molar-refractivity contribution in [3.05, 3.63) is 33.0 Å². The van der Waals surface area contributed by atoms with Crippen molar-refractivity contribution in [3.8, 4) is 0 Å². The van der Waals surface area contributed by atoms with Crippen LogP contribution in [0, 0.1) is 0 Å². The lowest BCUT2D eigenvalue weighted by Gasteiger charge is -2.04. The van der Waals surface area contributed by atoms with Crippen molar-refractivity contribution < 1.29 is 4.79 Å². The Balaban J connectivity index is 2.92. The fourth-order valence-electron chi connectivity index (χ4n) is 1.31. The average molecular weight is 264 g/mol. The normalized spacial score (nSPS) is 10.9. The van der Waals surface area contributed by atoms with Crippen molar-refractivity contribution in [2.45, 2.75) is 6.92 Å². The van der Waals surface area contributed by atoms with Crippen LogP contribution in [0.25, 0.3) is 5.52 Å². The van der Waals surface area contributed by atoms with Gasteiger partial charge in [0.15, 0.2) is 5.78 Å². The van der Waals surface area contributed by atoms with Gasteiger partial charge < -0.3 is 0 Å². The van der Waals surface area contributed by atoms with Crippen molar-refractivity contribution in [1.82, 2.24) is 9.61 Å². The zero-order chi connectivity index (χ0) is 11.2. The lowest BCUT2D eigenvalue weighted by molar-refractivity contribution is 0.101. The molecule has 0 aliphatic heterocycles. The molecule has 2 heterocycles. The maximum absolute atomic E-state index is 11.3. The molecule has 0 N–H and O–H groups in total. The molecule has 6 heteroatoms. The highest BCUT2D eigenvalue weighted by Gasteiger charge is 2.15. The minimum Gasteiger partial charge on any atom is -0.294 e. The summed E-state index contributed by atoms with van der Waals surface area (Å²) in [5, 5.41) is 4.91. The molecule has 78 valence electrons.